The molecule has 13 heteroatoms. The second-order valence-corrected chi connectivity index (χ2v) is 7.58. The van der Waals surface area contributed by atoms with Crippen LogP contribution in [0.4, 0.5) is 14.6 Å². The maximum atomic E-state index is 14.4. The second kappa shape index (κ2) is 8.33. The summed E-state index contributed by atoms with van der Waals surface area (Å²) in [6.07, 6.45) is 5.21. The molecule has 33 heavy (non-hydrogen) atoms. The lowest BCUT2D eigenvalue weighted by atomic mass is 10.1. The molecule has 1 fully saturated rings. The number of tetrazole rings is 1. The summed E-state index contributed by atoms with van der Waals surface area (Å²) >= 11 is 0. The van der Waals surface area contributed by atoms with Gasteiger partial charge in [0, 0.05) is 24.7 Å². The van der Waals surface area contributed by atoms with Crippen LogP contribution in [0, 0.1) is 11.6 Å². The van der Waals surface area contributed by atoms with E-state index in [1.807, 2.05) is 0 Å². The molecule has 1 aromatic carbocycles. The molecule has 1 aliphatic heterocycles. The number of nitrogens with zero attached hydrogens (tertiary/aromatic N) is 8. The van der Waals surface area contributed by atoms with Crippen molar-refractivity contribution in [2.45, 2.75) is 25.3 Å². The highest BCUT2D eigenvalue weighted by molar-refractivity contribution is 5.77. The van der Waals surface area contributed by atoms with Crippen LogP contribution in [0.5, 0.6) is 0 Å². The van der Waals surface area contributed by atoms with Gasteiger partial charge in [0.2, 0.25) is 5.91 Å². The number of carbonyl (C=O) groups excluding carboxylic acids is 1. The van der Waals surface area contributed by atoms with E-state index in [1.165, 1.54) is 18.3 Å². The zero-order valence-corrected chi connectivity index (χ0v) is 17.2. The third kappa shape index (κ3) is 3.88. The number of halogens is 2. The van der Waals surface area contributed by atoms with Crippen LogP contribution in [0.3, 0.4) is 0 Å². The Kier molecular flexibility index (Phi) is 5.20. The molecule has 1 saturated heterocycles. The number of hydrogen-bond donors (Lipinski definition) is 2. The van der Waals surface area contributed by atoms with Gasteiger partial charge in [-0.2, -0.15) is 4.68 Å². The van der Waals surface area contributed by atoms with E-state index in [2.05, 4.69) is 36.1 Å². The standard InChI is InChI=1S/C20H18F2N10O/c21-14-4-1-5-16(18(14)22)32-20(27-28-30-32)13-7-11(9-25-19(13)23)15-10-31(29-26-15)12-3-2-6-24-17(33)8-12/h1,4-5,7,9-10,12H,2-3,6,8H2,(H2,23,25)(H,24,33)/t12-/m1/s1. The first-order valence-corrected chi connectivity index (χ1v) is 10.2. The van der Waals surface area contributed by atoms with Gasteiger partial charge in [-0.05, 0) is 41.5 Å². The summed E-state index contributed by atoms with van der Waals surface area (Å²) in [6, 6.07) is 5.25. The molecule has 5 rings (SSSR count). The van der Waals surface area contributed by atoms with Crippen LogP contribution < -0.4 is 11.1 Å². The van der Waals surface area contributed by atoms with E-state index in [1.54, 1.807) is 16.9 Å². The molecule has 1 atom stereocenters. The Balaban J connectivity index is 1.51. The van der Waals surface area contributed by atoms with Crippen molar-refractivity contribution >= 4 is 11.7 Å². The zero-order valence-electron chi connectivity index (χ0n) is 17.2. The highest BCUT2D eigenvalue weighted by atomic mass is 19.2. The van der Waals surface area contributed by atoms with Gasteiger partial charge in [-0.15, -0.1) is 10.2 Å². The Morgan fingerprint density at radius 1 is 1.18 bits per heavy atom. The van der Waals surface area contributed by atoms with Gasteiger partial charge in [0.05, 0.1) is 17.8 Å². The Hall–Kier alpha value is -4.29. The second-order valence-electron chi connectivity index (χ2n) is 7.58. The number of nitrogens with one attached hydrogen (secondary N) is 1. The minimum absolute atomic E-state index is 0.0256. The maximum Gasteiger partial charge on any atom is 0.222 e. The number of nitrogens with two attached hydrogens (primary N) is 1. The molecule has 3 aromatic heterocycles. The fraction of sp³-hybridized carbons (Fsp3) is 0.250. The van der Waals surface area contributed by atoms with Crippen LogP contribution in [0.2, 0.25) is 0 Å². The molecule has 0 unspecified atom stereocenters. The fourth-order valence-electron chi connectivity index (χ4n) is 3.73. The summed E-state index contributed by atoms with van der Waals surface area (Å²) < 4.78 is 30.8. The lowest BCUT2D eigenvalue weighted by Crippen LogP contribution is -2.23. The lowest BCUT2D eigenvalue weighted by molar-refractivity contribution is -0.121. The highest BCUT2D eigenvalue weighted by Crippen LogP contribution is 2.30. The van der Waals surface area contributed by atoms with Crippen molar-refractivity contribution in [3.8, 4) is 28.3 Å². The van der Waals surface area contributed by atoms with Crippen molar-refractivity contribution < 1.29 is 13.6 Å². The van der Waals surface area contributed by atoms with Gasteiger partial charge in [-0.25, -0.2) is 18.4 Å². The van der Waals surface area contributed by atoms with Crippen LogP contribution in [-0.2, 0) is 4.79 Å². The largest absolute Gasteiger partial charge is 0.383 e. The van der Waals surface area contributed by atoms with Gasteiger partial charge >= 0.3 is 0 Å². The molecule has 11 nitrogen and oxygen atoms in total. The number of aromatic nitrogens is 8. The van der Waals surface area contributed by atoms with Gasteiger partial charge in [0.25, 0.3) is 0 Å². The monoisotopic (exact) mass is 452 g/mol. The van der Waals surface area contributed by atoms with Crippen LogP contribution in [0.1, 0.15) is 25.3 Å². The molecule has 0 radical (unpaired) electrons. The minimum atomic E-state index is -1.09. The number of anilines is 1. The molecule has 4 aromatic rings. The van der Waals surface area contributed by atoms with E-state index in [9.17, 15) is 13.6 Å². The van der Waals surface area contributed by atoms with Crippen LogP contribution >= 0.6 is 0 Å². The van der Waals surface area contributed by atoms with E-state index in [0.29, 0.717) is 29.8 Å². The Morgan fingerprint density at radius 3 is 2.94 bits per heavy atom. The normalized spacial score (nSPS) is 16.4. The van der Waals surface area contributed by atoms with Gasteiger partial charge in [0.1, 0.15) is 17.2 Å². The third-order valence-electron chi connectivity index (χ3n) is 5.43. The summed E-state index contributed by atoms with van der Waals surface area (Å²) in [4.78, 5) is 16.1. The minimum Gasteiger partial charge on any atom is -0.383 e. The topological polar surface area (TPSA) is 142 Å². The summed E-state index contributed by atoms with van der Waals surface area (Å²) in [6.45, 7) is 0.642. The average Bonchev–Trinajstić information content (AvgIpc) is 3.44. The van der Waals surface area contributed by atoms with Crippen molar-refractivity contribution in [2.75, 3.05) is 12.3 Å². The SMILES string of the molecule is Nc1ncc(-c2cn([C@@H]3CCCNC(=O)C3)nn2)cc1-c1nnnn1-c1cccc(F)c1F. The number of pyridine rings is 1. The van der Waals surface area contributed by atoms with Crippen molar-refractivity contribution in [3.63, 3.8) is 0 Å². The molecule has 3 N–H and O–H groups in total. The van der Waals surface area contributed by atoms with Crippen molar-refractivity contribution in [3.05, 3.63) is 48.3 Å². The number of carbonyl (C=O) groups is 1. The molecular weight excluding hydrogens is 434 g/mol. The molecule has 1 amide bonds. The molecule has 0 saturated carbocycles. The molecular formula is C20H18F2N10O. The maximum absolute atomic E-state index is 14.4. The van der Waals surface area contributed by atoms with Gasteiger partial charge in [-0.3, -0.25) is 4.79 Å². The fourth-order valence-corrected chi connectivity index (χ4v) is 3.73. The Labute approximate surface area is 185 Å². The number of amides is 1. The first-order chi connectivity index (χ1) is 16.0. The third-order valence-corrected chi connectivity index (χ3v) is 5.43. The first kappa shape index (κ1) is 20.6. The van der Waals surface area contributed by atoms with Crippen LogP contribution in [-0.4, -0.2) is 52.6 Å². The van der Waals surface area contributed by atoms with Crippen LogP contribution in [0.15, 0.2) is 36.7 Å². The lowest BCUT2D eigenvalue weighted by Gasteiger charge is -2.11. The summed E-state index contributed by atoms with van der Waals surface area (Å²) in [7, 11) is 0. The molecule has 0 bridgehead atoms. The Bertz CT molecular complexity index is 1330. The summed E-state index contributed by atoms with van der Waals surface area (Å²) in [5, 5.41) is 22.5. The van der Waals surface area contributed by atoms with Gasteiger partial charge < -0.3 is 11.1 Å². The molecule has 0 aliphatic carbocycles. The number of hydrogen-bond acceptors (Lipinski definition) is 8. The number of benzene rings is 1. The van der Waals surface area contributed by atoms with E-state index in [0.717, 1.165) is 23.6 Å². The van der Waals surface area contributed by atoms with Crippen LogP contribution in [0.25, 0.3) is 28.3 Å². The van der Waals surface area contributed by atoms with E-state index in [-0.39, 0.29) is 29.3 Å². The Morgan fingerprint density at radius 2 is 2.06 bits per heavy atom. The highest BCUT2D eigenvalue weighted by Gasteiger charge is 2.22. The smallest absolute Gasteiger partial charge is 0.222 e. The zero-order chi connectivity index (χ0) is 22.9. The average molecular weight is 452 g/mol. The predicted octanol–water partition coefficient (Wildman–Crippen LogP) is 1.68. The van der Waals surface area contributed by atoms with E-state index < -0.39 is 11.6 Å². The molecule has 4 heterocycles. The quantitative estimate of drug-likeness (QED) is 0.476. The molecule has 1 aliphatic rings. The van der Waals surface area contributed by atoms with E-state index in [4.69, 9.17) is 5.73 Å². The van der Waals surface area contributed by atoms with Gasteiger partial charge in [-0.1, -0.05) is 11.3 Å². The summed E-state index contributed by atoms with van der Waals surface area (Å²) in [5.74, 6) is -1.97. The first-order valence-electron chi connectivity index (χ1n) is 10.2. The van der Waals surface area contributed by atoms with Crippen molar-refractivity contribution in [2.24, 2.45) is 0 Å². The van der Waals surface area contributed by atoms with Gasteiger partial charge in [0.15, 0.2) is 17.5 Å². The summed E-state index contributed by atoms with van der Waals surface area (Å²) in [5.41, 5.74) is 7.27. The number of nitrogen functional groups attached to an aromatic ring is 1. The molecule has 0 spiro atoms. The van der Waals surface area contributed by atoms with Crippen molar-refractivity contribution in [1.82, 2.24) is 45.5 Å². The van der Waals surface area contributed by atoms with Crippen molar-refractivity contribution in [1.29, 1.82) is 0 Å². The predicted molar refractivity (Wildman–Crippen MR) is 112 cm³/mol. The molecule has 168 valence electrons. The van der Waals surface area contributed by atoms with E-state index >= 15 is 0 Å². The number of rotatable bonds is 4.